The molecule has 2 rings (SSSR count). The molecule has 2 nitrogen and oxygen atoms in total. The molecular weight excluding hydrogens is 252 g/mol. The molecule has 19 heavy (non-hydrogen) atoms. The van der Waals surface area contributed by atoms with E-state index in [1.165, 1.54) is 16.0 Å². The van der Waals surface area contributed by atoms with Crippen LogP contribution in [0.3, 0.4) is 0 Å². The molecule has 0 aliphatic carbocycles. The average Bonchev–Trinajstić information content (AvgIpc) is 2.84. The van der Waals surface area contributed by atoms with Crippen LogP contribution in [0.2, 0.25) is 0 Å². The number of hydrogen-bond acceptors (Lipinski definition) is 3. The van der Waals surface area contributed by atoms with Gasteiger partial charge < -0.3 is 5.73 Å². The van der Waals surface area contributed by atoms with E-state index in [-0.39, 0.29) is 6.04 Å². The van der Waals surface area contributed by atoms with Crippen LogP contribution in [0.5, 0.6) is 0 Å². The summed E-state index contributed by atoms with van der Waals surface area (Å²) in [6.07, 6.45) is 1.07. The third-order valence-corrected chi connectivity index (χ3v) is 4.57. The normalized spacial score (nSPS) is 12.9. The van der Waals surface area contributed by atoms with Crippen LogP contribution in [0.25, 0.3) is 10.6 Å². The van der Waals surface area contributed by atoms with E-state index < -0.39 is 0 Å². The van der Waals surface area contributed by atoms with Crippen molar-refractivity contribution in [1.29, 1.82) is 0 Å². The van der Waals surface area contributed by atoms with Crippen LogP contribution < -0.4 is 5.73 Å². The van der Waals surface area contributed by atoms with Crippen molar-refractivity contribution in [3.63, 3.8) is 0 Å². The van der Waals surface area contributed by atoms with Gasteiger partial charge in [0.05, 0.1) is 5.69 Å². The van der Waals surface area contributed by atoms with Gasteiger partial charge >= 0.3 is 0 Å². The minimum absolute atomic E-state index is 0.0542. The minimum atomic E-state index is 0.0542. The first kappa shape index (κ1) is 14.2. The van der Waals surface area contributed by atoms with Gasteiger partial charge in [-0.2, -0.15) is 0 Å². The van der Waals surface area contributed by atoms with E-state index in [1.807, 2.05) is 6.92 Å². The molecule has 2 N–H and O–H groups in total. The summed E-state index contributed by atoms with van der Waals surface area (Å²) in [6, 6.07) is 8.73. The Balaban J connectivity index is 2.41. The zero-order valence-corrected chi connectivity index (χ0v) is 12.9. The third-order valence-electron chi connectivity index (χ3n) is 3.25. The second kappa shape index (κ2) is 5.85. The summed E-state index contributed by atoms with van der Waals surface area (Å²) in [5.74, 6) is 0.418. The van der Waals surface area contributed by atoms with Gasteiger partial charge in [0.25, 0.3) is 0 Å². The fourth-order valence-electron chi connectivity index (χ4n) is 2.09. The molecule has 0 saturated carbocycles. The van der Waals surface area contributed by atoms with Gasteiger partial charge in [-0.25, -0.2) is 4.98 Å². The zero-order chi connectivity index (χ0) is 14.0. The predicted molar refractivity (Wildman–Crippen MR) is 83.6 cm³/mol. The summed E-state index contributed by atoms with van der Waals surface area (Å²) >= 11 is 1.73. The fraction of sp³-hybridized carbons (Fsp3) is 0.438. The molecule has 0 fully saturated rings. The first-order valence-corrected chi connectivity index (χ1v) is 7.70. The standard InChI is InChI=1S/C16H22N2S/c1-5-12-6-8-13(9-7-12)16-18-14(10(2)3)15(19-16)11(4)17/h6-11H,5,17H2,1-4H3. The van der Waals surface area contributed by atoms with Crippen molar-refractivity contribution in [3.05, 3.63) is 40.4 Å². The maximum absolute atomic E-state index is 6.06. The van der Waals surface area contributed by atoms with Gasteiger partial charge in [-0.15, -0.1) is 11.3 Å². The van der Waals surface area contributed by atoms with Crippen molar-refractivity contribution >= 4 is 11.3 Å². The van der Waals surface area contributed by atoms with E-state index in [4.69, 9.17) is 10.7 Å². The Morgan fingerprint density at radius 3 is 2.21 bits per heavy atom. The monoisotopic (exact) mass is 274 g/mol. The Hall–Kier alpha value is -1.19. The topological polar surface area (TPSA) is 38.9 Å². The Morgan fingerprint density at radius 2 is 1.79 bits per heavy atom. The highest BCUT2D eigenvalue weighted by molar-refractivity contribution is 7.15. The molecule has 1 unspecified atom stereocenters. The lowest BCUT2D eigenvalue weighted by Gasteiger charge is -2.07. The lowest BCUT2D eigenvalue weighted by molar-refractivity contribution is 0.763. The molecule has 0 bridgehead atoms. The SMILES string of the molecule is CCc1ccc(-c2nc(C(C)C)c(C(C)N)s2)cc1. The van der Waals surface area contributed by atoms with Crippen LogP contribution in [0.15, 0.2) is 24.3 Å². The number of nitrogens with zero attached hydrogens (tertiary/aromatic N) is 1. The summed E-state index contributed by atoms with van der Waals surface area (Å²) in [6.45, 7) is 8.54. The van der Waals surface area contributed by atoms with E-state index in [1.54, 1.807) is 11.3 Å². The van der Waals surface area contributed by atoms with E-state index in [0.717, 1.165) is 17.1 Å². The number of aryl methyl sites for hydroxylation is 1. The van der Waals surface area contributed by atoms with E-state index in [9.17, 15) is 0 Å². The summed E-state index contributed by atoms with van der Waals surface area (Å²) in [5.41, 5.74) is 9.76. The minimum Gasteiger partial charge on any atom is -0.323 e. The predicted octanol–water partition coefficient (Wildman–Crippen LogP) is 4.52. The van der Waals surface area contributed by atoms with Crippen LogP contribution in [0, 0.1) is 0 Å². The fourth-order valence-corrected chi connectivity index (χ4v) is 3.27. The Morgan fingerprint density at radius 1 is 1.16 bits per heavy atom. The van der Waals surface area contributed by atoms with Crippen molar-refractivity contribution in [2.75, 3.05) is 0 Å². The van der Waals surface area contributed by atoms with Crippen molar-refractivity contribution in [2.45, 2.75) is 46.1 Å². The highest BCUT2D eigenvalue weighted by Crippen LogP contribution is 2.34. The van der Waals surface area contributed by atoms with Crippen LogP contribution >= 0.6 is 11.3 Å². The molecule has 0 saturated heterocycles. The molecule has 1 aromatic heterocycles. The van der Waals surface area contributed by atoms with Gasteiger partial charge in [0.2, 0.25) is 0 Å². The Labute approximate surface area is 119 Å². The van der Waals surface area contributed by atoms with Crippen molar-refractivity contribution < 1.29 is 0 Å². The molecule has 1 heterocycles. The average molecular weight is 274 g/mol. The molecule has 0 amide bonds. The molecule has 1 aromatic carbocycles. The largest absolute Gasteiger partial charge is 0.323 e. The maximum atomic E-state index is 6.06. The number of rotatable bonds is 4. The van der Waals surface area contributed by atoms with E-state index in [0.29, 0.717) is 5.92 Å². The van der Waals surface area contributed by atoms with Crippen LogP contribution in [0.4, 0.5) is 0 Å². The lowest BCUT2D eigenvalue weighted by Crippen LogP contribution is -2.06. The van der Waals surface area contributed by atoms with Gasteiger partial charge in [-0.1, -0.05) is 45.0 Å². The number of thiazole rings is 1. The molecule has 0 aliphatic heterocycles. The third kappa shape index (κ3) is 3.04. The highest BCUT2D eigenvalue weighted by atomic mass is 32.1. The number of nitrogens with two attached hydrogens (primary N) is 1. The second-order valence-corrected chi connectivity index (χ2v) is 6.29. The van der Waals surface area contributed by atoms with Crippen LogP contribution in [-0.2, 0) is 6.42 Å². The first-order valence-electron chi connectivity index (χ1n) is 6.88. The van der Waals surface area contributed by atoms with Crippen LogP contribution in [-0.4, -0.2) is 4.98 Å². The van der Waals surface area contributed by atoms with Gasteiger partial charge in [0.15, 0.2) is 0 Å². The molecule has 0 spiro atoms. The second-order valence-electron chi connectivity index (χ2n) is 5.26. The number of aromatic nitrogens is 1. The summed E-state index contributed by atoms with van der Waals surface area (Å²) in [5, 5.41) is 1.08. The molecule has 102 valence electrons. The first-order chi connectivity index (χ1) is 9.02. The molecule has 3 heteroatoms. The van der Waals surface area contributed by atoms with Gasteiger partial charge in [0, 0.05) is 16.5 Å². The highest BCUT2D eigenvalue weighted by Gasteiger charge is 2.17. The Kier molecular flexibility index (Phi) is 4.38. The molecule has 0 aliphatic rings. The molecular formula is C16H22N2S. The molecule has 2 aromatic rings. The van der Waals surface area contributed by atoms with Gasteiger partial charge in [0.1, 0.15) is 5.01 Å². The van der Waals surface area contributed by atoms with Gasteiger partial charge in [-0.3, -0.25) is 0 Å². The van der Waals surface area contributed by atoms with Crippen molar-refractivity contribution in [2.24, 2.45) is 5.73 Å². The molecule has 1 atom stereocenters. The molecule has 0 radical (unpaired) electrons. The van der Waals surface area contributed by atoms with E-state index in [2.05, 4.69) is 45.0 Å². The van der Waals surface area contributed by atoms with Gasteiger partial charge in [-0.05, 0) is 24.8 Å². The van der Waals surface area contributed by atoms with E-state index >= 15 is 0 Å². The van der Waals surface area contributed by atoms with Crippen molar-refractivity contribution in [3.8, 4) is 10.6 Å². The summed E-state index contributed by atoms with van der Waals surface area (Å²) in [4.78, 5) is 6.01. The number of hydrogen-bond donors (Lipinski definition) is 1. The van der Waals surface area contributed by atoms with Crippen molar-refractivity contribution in [1.82, 2.24) is 4.98 Å². The maximum Gasteiger partial charge on any atom is 0.123 e. The smallest absolute Gasteiger partial charge is 0.123 e. The number of benzene rings is 1. The summed E-state index contributed by atoms with van der Waals surface area (Å²) < 4.78 is 0. The lowest BCUT2D eigenvalue weighted by atomic mass is 10.1. The quantitative estimate of drug-likeness (QED) is 0.890. The van der Waals surface area contributed by atoms with Crippen LogP contribution in [0.1, 0.15) is 55.8 Å². The Bertz CT molecular complexity index is 513. The summed E-state index contributed by atoms with van der Waals surface area (Å²) in [7, 11) is 0. The zero-order valence-electron chi connectivity index (χ0n) is 12.1.